The van der Waals surface area contributed by atoms with E-state index in [4.69, 9.17) is 4.74 Å². The highest BCUT2D eigenvalue weighted by atomic mass is 16.5. The van der Waals surface area contributed by atoms with E-state index < -0.39 is 0 Å². The molecular formula is C20H24N2O2. The van der Waals surface area contributed by atoms with E-state index in [-0.39, 0.29) is 11.4 Å². The molecule has 0 aromatic heterocycles. The van der Waals surface area contributed by atoms with Crippen molar-refractivity contribution < 1.29 is 9.53 Å². The summed E-state index contributed by atoms with van der Waals surface area (Å²) in [5, 5.41) is 9.58. The highest BCUT2D eigenvalue weighted by Gasteiger charge is 2.35. The summed E-state index contributed by atoms with van der Waals surface area (Å²) in [5.41, 5.74) is 4.36. The van der Waals surface area contributed by atoms with Crippen LogP contribution in [-0.2, 0) is 22.4 Å². The Hall–Kier alpha value is -2.12. The van der Waals surface area contributed by atoms with Gasteiger partial charge in [0.2, 0.25) is 0 Å². The number of Topliss-reactive ketones (excluding diaryl/α,β-unsaturated/α-hetero) is 1. The molecule has 24 heavy (non-hydrogen) atoms. The van der Waals surface area contributed by atoms with Gasteiger partial charge in [-0.25, -0.2) is 0 Å². The molecule has 0 amide bonds. The van der Waals surface area contributed by atoms with Crippen LogP contribution < -0.4 is 0 Å². The predicted molar refractivity (Wildman–Crippen MR) is 93.3 cm³/mol. The third-order valence-electron chi connectivity index (χ3n) is 5.45. The maximum atomic E-state index is 12.4. The quantitative estimate of drug-likeness (QED) is 0.857. The summed E-state index contributed by atoms with van der Waals surface area (Å²) in [5.74, 6) is -0.0654. The third kappa shape index (κ3) is 2.85. The fraction of sp³-hybridized carbons (Fsp3) is 0.500. The maximum absolute atomic E-state index is 12.4. The molecule has 4 nitrogen and oxygen atoms in total. The number of nitriles is 1. The molecule has 3 rings (SSSR count). The van der Waals surface area contributed by atoms with Gasteiger partial charge in [-0.05, 0) is 43.4 Å². The van der Waals surface area contributed by atoms with Gasteiger partial charge in [-0.1, -0.05) is 19.1 Å². The van der Waals surface area contributed by atoms with Crippen molar-refractivity contribution >= 4 is 11.5 Å². The topological polar surface area (TPSA) is 53.3 Å². The lowest BCUT2D eigenvalue weighted by Gasteiger charge is -2.41. The molecule has 1 aromatic carbocycles. The summed E-state index contributed by atoms with van der Waals surface area (Å²) in [6, 6.07) is 8.45. The first-order valence-corrected chi connectivity index (χ1v) is 8.61. The lowest BCUT2D eigenvalue weighted by Crippen LogP contribution is -2.43. The fourth-order valence-electron chi connectivity index (χ4n) is 3.60. The lowest BCUT2D eigenvalue weighted by atomic mass is 9.85. The zero-order valence-electron chi connectivity index (χ0n) is 14.7. The number of methoxy groups -OCH3 is 1. The number of carbonyl (C=O) groups excluding carboxylic acids is 1. The molecule has 0 spiro atoms. The number of likely N-dealkylation sites (tertiary alicyclic amines) is 1. The van der Waals surface area contributed by atoms with Crippen LogP contribution in [0.15, 0.2) is 23.8 Å². The van der Waals surface area contributed by atoms with Crippen LogP contribution in [0.4, 0.5) is 0 Å². The van der Waals surface area contributed by atoms with E-state index in [1.807, 2.05) is 6.07 Å². The summed E-state index contributed by atoms with van der Waals surface area (Å²) in [4.78, 5) is 14.7. The molecule has 0 saturated carbocycles. The summed E-state index contributed by atoms with van der Waals surface area (Å²) in [6.45, 7) is 5.84. The Labute approximate surface area is 143 Å². The largest absolute Gasteiger partial charge is 0.378 e. The second kappa shape index (κ2) is 6.41. The van der Waals surface area contributed by atoms with Crippen LogP contribution in [0.5, 0.6) is 0 Å². The van der Waals surface area contributed by atoms with Crippen molar-refractivity contribution in [1.29, 1.82) is 5.26 Å². The molecule has 0 N–H and O–H groups in total. The van der Waals surface area contributed by atoms with Crippen molar-refractivity contribution in [2.45, 2.75) is 45.1 Å². The Balaban J connectivity index is 2.04. The van der Waals surface area contributed by atoms with Crippen molar-refractivity contribution in [3.05, 3.63) is 40.5 Å². The van der Waals surface area contributed by atoms with E-state index in [2.05, 4.69) is 36.9 Å². The van der Waals surface area contributed by atoms with Crippen LogP contribution in [0.3, 0.4) is 0 Å². The number of aryl methyl sites for hydroxylation is 1. The Morgan fingerprint density at radius 1 is 1.33 bits per heavy atom. The molecule has 0 radical (unpaired) electrons. The molecule has 1 fully saturated rings. The molecule has 0 atom stereocenters. The summed E-state index contributed by atoms with van der Waals surface area (Å²) >= 11 is 0. The van der Waals surface area contributed by atoms with Crippen molar-refractivity contribution in [2.75, 3.05) is 20.2 Å². The Bertz CT molecular complexity index is 734. The molecular weight excluding hydrogens is 300 g/mol. The second-order valence-corrected chi connectivity index (χ2v) is 6.92. The Kier molecular flexibility index (Phi) is 4.47. The van der Waals surface area contributed by atoms with Crippen molar-refractivity contribution in [1.82, 2.24) is 4.90 Å². The van der Waals surface area contributed by atoms with Gasteiger partial charge in [0, 0.05) is 32.2 Å². The van der Waals surface area contributed by atoms with Crippen LogP contribution in [0, 0.1) is 11.3 Å². The van der Waals surface area contributed by atoms with E-state index in [9.17, 15) is 10.1 Å². The van der Waals surface area contributed by atoms with Gasteiger partial charge in [0.25, 0.3) is 0 Å². The molecule has 1 saturated heterocycles. The molecule has 0 bridgehead atoms. The average molecular weight is 324 g/mol. The summed E-state index contributed by atoms with van der Waals surface area (Å²) in [6.07, 6.45) is 3.05. The SMILES string of the molecule is CCc1ccc2c(c1)C(N1CCC(C)(OC)CC1)=C(C#N)C(=O)C2. The van der Waals surface area contributed by atoms with E-state index in [0.717, 1.165) is 49.2 Å². The smallest absolute Gasteiger partial charge is 0.179 e. The zero-order chi connectivity index (χ0) is 17.3. The van der Waals surface area contributed by atoms with E-state index in [0.29, 0.717) is 12.0 Å². The molecule has 1 aromatic rings. The third-order valence-corrected chi connectivity index (χ3v) is 5.45. The summed E-state index contributed by atoms with van der Waals surface area (Å²) < 4.78 is 5.62. The highest BCUT2D eigenvalue weighted by molar-refractivity contribution is 6.09. The minimum Gasteiger partial charge on any atom is -0.378 e. The zero-order valence-corrected chi connectivity index (χ0v) is 14.7. The first-order valence-electron chi connectivity index (χ1n) is 8.61. The molecule has 4 heteroatoms. The molecule has 0 unspecified atom stereocenters. The van der Waals surface area contributed by atoms with Gasteiger partial charge in [0.15, 0.2) is 5.78 Å². The van der Waals surface area contributed by atoms with Gasteiger partial charge in [0.05, 0.1) is 11.3 Å². The monoisotopic (exact) mass is 324 g/mol. The number of rotatable bonds is 3. The van der Waals surface area contributed by atoms with Gasteiger partial charge in [-0.15, -0.1) is 0 Å². The molecule has 2 aliphatic rings. The fourth-order valence-corrected chi connectivity index (χ4v) is 3.60. The van der Waals surface area contributed by atoms with E-state index in [1.54, 1.807) is 7.11 Å². The molecule has 1 aliphatic heterocycles. The normalized spacial score (nSPS) is 19.9. The predicted octanol–water partition coefficient (Wildman–Crippen LogP) is 3.11. The first-order chi connectivity index (χ1) is 11.5. The van der Waals surface area contributed by atoms with E-state index >= 15 is 0 Å². The van der Waals surface area contributed by atoms with Crippen LogP contribution in [-0.4, -0.2) is 36.5 Å². The number of nitrogens with zero attached hydrogens (tertiary/aromatic N) is 2. The van der Waals surface area contributed by atoms with Crippen LogP contribution >= 0.6 is 0 Å². The second-order valence-electron chi connectivity index (χ2n) is 6.92. The van der Waals surface area contributed by atoms with Gasteiger partial charge in [-0.2, -0.15) is 5.26 Å². The highest BCUT2D eigenvalue weighted by Crippen LogP contribution is 2.36. The first kappa shape index (κ1) is 16.7. The van der Waals surface area contributed by atoms with Gasteiger partial charge in [0.1, 0.15) is 11.6 Å². The van der Waals surface area contributed by atoms with Crippen LogP contribution in [0.2, 0.25) is 0 Å². The van der Waals surface area contributed by atoms with Crippen LogP contribution in [0.1, 0.15) is 43.4 Å². The number of piperidine rings is 1. The number of hydrogen-bond acceptors (Lipinski definition) is 4. The molecule has 126 valence electrons. The summed E-state index contributed by atoms with van der Waals surface area (Å²) in [7, 11) is 1.75. The van der Waals surface area contributed by atoms with Crippen molar-refractivity contribution in [3.63, 3.8) is 0 Å². The number of fused-ring (bicyclic) bond motifs is 1. The minimum atomic E-state index is -0.114. The lowest BCUT2D eigenvalue weighted by molar-refractivity contribution is -0.114. The number of ether oxygens (including phenoxy) is 1. The van der Waals surface area contributed by atoms with Crippen LogP contribution in [0.25, 0.3) is 5.70 Å². The molecule has 1 heterocycles. The Morgan fingerprint density at radius 2 is 2.04 bits per heavy atom. The number of carbonyl (C=O) groups is 1. The van der Waals surface area contributed by atoms with E-state index in [1.165, 1.54) is 5.56 Å². The number of allylic oxidation sites excluding steroid dienone is 1. The average Bonchev–Trinajstić information content (AvgIpc) is 2.61. The Morgan fingerprint density at radius 3 is 2.62 bits per heavy atom. The van der Waals surface area contributed by atoms with Gasteiger partial charge < -0.3 is 9.64 Å². The van der Waals surface area contributed by atoms with Crippen molar-refractivity contribution in [2.24, 2.45) is 0 Å². The number of ketones is 1. The number of hydrogen-bond donors (Lipinski definition) is 0. The number of benzene rings is 1. The van der Waals surface area contributed by atoms with Gasteiger partial charge in [-0.3, -0.25) is 4.79 Å². The molecule has 1 aliphatic carbocycles. The van der Waals surface area contributed by atoms with Crippen molar-refractivity contribution in [3.8, 4) is 6.07 Å². The van der Waals surface area contributed by atoms with Gasteiger partial charge >= 0.3 is 0 Å². The minimum absolute atomic E-state index is 0.0654. The maximum Gasteiger partial charge on any atom is 0.179 e. The standard InChI is InChI=1S/C20H24N2O2/c1-4-14-5-6-15-12-18(23)17(13-21)19(16(15)11-14)22-9-7-20(2,24-3)8-10-22/h5-6,11H,4,7-10,12H2,1-3H3.